The first-order valence-electron chi connectivity index (χ1n) is 6.03. The smallest absolute Gasteiger partial charge is 0.335 e. The minimum atomic E-state index is -3.56. The van der Waals surface area contributed by atoms with E-state index in [1.54, 1.807) is 0 Å². The molecule has 0 aromatic heterocycles. The molecule has 0 saturated heterocycles. The fraction of sp³-hybridized carbons (Fsp3) is 0.462. The van der Waals surface area contributed by atoms with Gasteiger partial charge in [-0.1, -0.05) is 31.9 Å². The number of hydrogen-bond donors (Lipinski definition) is 1. The summed E-state index contributed by atoms with van der Waals surface area (Å²) in [6.45, 7) is 3.84. The summed E-state index contributed by atoms with van der Waals surface area (Å²) in [5, 5.41) is 8.96. The van der Waals surface area contributed by atoms with E-state index in [0.29, 0.717) is 0 Å². The largest absolute Gasteiger partial charge is 0.478 e. The summed E-state index contributed by atoms with van der Waals surface area (Å²) in [5.74, 6) is -1.18. The van der Waals surface area contributed by atoms with E-state index in [1.165, 1.54) is 12.1 Å². The Labute approximate surface area is 118 Å². The van der Waals surface area contributed by atoms with Crippen molar-refractivity contribution in [3.8, 4) is 0 Å². The lowest BCUT2D eigenvalue weighted by Gasteiger charge is -2.12. The Morgan fingerprint density at radius 1 is 1.42 bits per heavy atom. The van der Waals surface area contributed by atoms with E-state index in [1.807, 2.05) is 13.8 Å². The Morgan fingerprint density at radius 3 is 2.58 bits per heavy atom. The number of hydrogen-bond acceptors (Lipinski definition) is 3. The lowest BCUT2D eigenvalue weighted by molar-refractivity contribution is 0.0696. The van der Waals surface area contributed by atoms with Crippen molar-refractivity contribution >= 4 is 27.4 Å². The number of rotatable bonds is 6. The first-order chi connectivity index (χ1) is 8.77. The van der Waals surface area contributed by atoms with E-state index >= 15 is 0 Å². The van der Waals surface area contributed by atoms with Gasteiger partial charge in [0.2, 0.25) is 0 Å². The zero-order chi connectivity index (χ0) is 14.6. The Bertz CT molecular complexity index is 566. The average molecular weight is 305 g/mol. The van der Waals surface area contributed by atoms with Gasteiger partial charge in [-0.05, 0) is 30.5 Å². The number of carboxylic acid groups (broad SMARTS) is 1. The van der Waals surface area contributed by atoms with Gasteiger partial charge in [0.15, 0.2) is 9.84 Å². The van der Waals surface area contributed by atoms with Crippen molar-refractivity contribution in [3.05, 3.63) is 28.8 Å². The van der Waals surface area contributed by atoms with Crippen molar-refractivity contribution < 1.29 is 18.3 Å². The average Bonchev–Trinajstić information content (AvgIpc) is 2.28. The summed E-state index contributed by atoms with van der Waals surface area (Å²) < 4.78 is 24.5. The molecule has 0 fully saturated rings. The lowest BCUT2D eigenvalue weighted by atomic mass is 10.1. The predicted octanol–water partition coefficient (Wildman–Crippen LogP) is 3.25. The van der Waals surface area contributed by atoms with Gasteiger partial charge in [-0.15, -0.1) is 0 Å². The van der Waals surface area contributed by atoms with Crippen molar-refractivity contribution in [3.63, 3.8) is 0 Å². The van der Waals surface area contributed by atoms with Crippen LogP contribution in [0, 0.1) is 5.92 Å². The minimum Gasteiger partial charge on any atom is -0.478 e. The molecule has 0 heterocycles. The second-order valence-electron chi connectivity index (χ2n) is 4.63. The van der Waals surface area contributed by atoms with Crippen LogP contribution in [-0.4, -0.2) is 25.2 Å². The molecule has 0 amide bonds. The Kier molecular flexibility index (Phi) is 5.38. The predicted molar refractivity (Wildman–Crippen MR) is 74.5 cm³/mol. The number of benzene rings is 1. The van der Waals surface area contributed by atoms with Crippen molar-refractivity contribution in [2.75, 3.05) is 5.75 Å². The summed E-state index contributed by atoms with van der Waals surface area (Å²) in [5.41, 5.74) is -0.0777. The highest BCUT2D eigenvalue weighted by Gasteiger charge is 2.22. The van der Waals surface area contributed by atoms with Gasteiger partial charge in [-0.3, -0.25) is 0 Å². The maximum atomic E-state index is 12.2. The third-order valence-corrected chi connectivity index (χ3v) is 5.26. The molecule has 4 nitrogen and oxygen atoms in total. The van der Waals surface area contributed by atoms with Gasteiger partial charge in [0.25, 0.3) is 0 Å². The molecule has 1 unspecified atom stereocenters. The van der Waals surface area contributed by atoms with Crippen LogP contribution in [0.2, 0.25) is 5.02 Å². The summed E-state index contributed by atoms with van der Waals surface area (Å²) in [6, 6.07) is 3.72. The third-order valence-electron chi connectivity index (χ3n) is 2.80. The molecule has 0 aliphatic heterocycles. The van der Waals surface area contributed by atoms with Gasteiger partial charge < -0.3 is 5.11 Å². The molecule has 1 aromatic rings. The first kappa shape index (κ1) is 16.0. The standard InChI is InChI=1S/C13H17ClO4S/c1-3-4-9(2)8-19(17,18)12-7-10(13(15)16)5-6-11(12)14/h5-7,9H,3-4,8H2,1-2H3,(H,15,16). The van der Waals surface area contributed by atoms with E-state index in [0.717, 1.165) is 18.9 Å². The van der Waals surface area contributed by atoms with Gasteiger partial charge in [0.1, 0.15) is 0 Å². The summed E-state index contributed by atoms with van der Waals surface area (Å²) in [6.07, 6.45) is 1.70. The summed E-state index contributed by atoms with van der Waals surface area (Å²) in [4.78, 5) is 10.8. The molecule has 106 valence electrons. The molecule has 0 bridgehead atoms. The van der Waals surface area contributed by atoms with Crippen LogP contribution in [0.4, 0.5) is 0 Å². The molecular formula is C13H17ClO4S. The molecule has 1 aromatic carbocycles. The van der Waals surface area contributed by atoms with Gasteiger partial charge in [0.05, 0.1) is 21.2 Å². The Hall–Kier alpha value is -1.07. The highest BCUT2D eigenvalue weighted by Crippen LogP contribution is 2.26. The normalized spacial score (nSPS) is 13.2. The number of halogens is 1. The number of carboxylic acids is 1. The van der Waals surface area contributed by atoms with Gasteiger partial charge >= 0.3 is 5.97 Å². The fourth-order valence-corrected chi connectivity index (χ4v) is 4.15. The SMILES string of the molecule is CCCC(C)CS(=O)(=O)c1cc(C(=O)O)ccc1Cl. The Balaban J connectivity index is 3.13. The Morgan fingerprint density at radius 2 is 2.05 bits per heavy atom. The summed E-state index contributed by atoms with van der Waals surface area (Å²) in [7, 11) is -3.56. The fourth-order valence-electron chi connectivity index (χ4n) is 1.92. The topological polar surface area (TPSA) is 71.4 Å². The van der Waals surface area contributed by atoms with Crippen LogP contribution in [0.3, 0.4) is 0 Å². The highest BCUT2D eigenvalue weighted by molar-refractivity contribution is 7.91. The van der Waals surface area contributed by atoms with Crippen molar-refractivity contribution in [2.24, 2.45) is 5.92 Å². The van der Waals surface area contributed by atoms with Crippen LogP contribution in [-0.2, 0) is 9.84 Å². The molecular weight excluding hydrogens is 288 g/mol. The maximum absolute atomic E-state index is 12.2. The number of sulfone groups is 1. The summed E-state index contributed by atoms with van der Waals surface area (Å²) >= 11 is 5.87. The van der Waals surface area contributed by atoms with Crippen LogP contribution in [0.5, 0.6) is 0 Å². The van der Waals surface area contributed by atoms with E-state index in [4.69, 9.17) is 16.7 Å². The quantitative estimate of drug-likeness (QED) is 0.875. The van der Waals surface area contributed by atoms with E-state index in [2.05, 4.69) is 0 Å². The zero-order valence-corrected chi connectivity index (χ0v) is 12.5. The molecule has 6 heteroatoms. The molecule has 0 aliphatic carbocycles. The van der Waals surface area contributed by atoms with E-state index < -0.39 is 15.8 Å². The minimum absolute atomic E-state index is 0.0135. The van der Waals surface area contributed by atoms with Gasteiger partial charge in [0, 0.05) is 0 Å². The van der Waals surface area contributed by atoms with Crippen LogP contribution < -0.4 is 0 Å². The second-order valence-corrected chi connectivity index (χ2v) is 7.04. The highest BCUT2D eigenvalue weighted by atomic mass is 35.5. The van der Waals surface area contributed by atoms with Crippen LogP contribution >= 0.6 is 11.6 Å². The maximum Gasteiger partial charge on any atom is 0.335 e. The lowest BCUT2D eigenvalue weighted by Crippen LogP contribution is -2.15. The molecule has 1 rings (SSSR count). The third kappa shape index (κ3) is 4.21. The van der Waals surface area contributed by atoms with Gasteiger partial charge in [-0.2, -0.15) is 0 Å². The zero-order valence-electron chi connectivity index (χ0n) is 10.9. The molecule has 19 heavy (non-hydrogen) atoms. The molecule has 1 N–H and O–H groups in total. The van der Waals surface area contributed by atoms with Crippen molar-refractivity contribution in [1.82, 2.24) is 0 Å². The second kappa shape index (κ2) is 6.39. The van der Waals surface area contributed by atoms with Crippen LogP contribution in [0.15, 0.2) is 23.1 Å². The molecule has 0 saturated carbocycles. The molecule has 0 spiro atoms. The van der Waals surface area contributed by atoms with Gasteiger partial charge in [-0.25, -0.2) is 13.2 Å². The van der Waals surface area contributed by atoms with Crippen molar-refractivity contribution in [2.45, 2.75) is 31.6 Å². The number of aromatic carboxylic acids is 1. The monoisotopic (exact) mass is 304 g/mol. The van der Waals surface area contributed by atoms with Crippen molar-refractivity contribution in [1.29, 1.82) is 0 Å². The molecule has 0 radical (unpaired) electrons. The number of carbonyl (C=O) groups is 1. The molecule has 1 atom stereocenters. The van der Waals surface area contributed by atoms with E-state index in [-0.39, 0.29) is 27.2 Å². The molecule has 0 aliphatic rings. The van der Waals surface area contributed by atoms with Crippen LogP contribution in [0.1, 0.15) is 37.0 Å². The van der Waals surface area contributed by atoms with E-state index in [9.17, 15) is 13.2 Å². The van der Waals surface area contributed by atoms with Crippen LogP contribution in [0.25, 0.3) is 0 Å². The first-order valence-corrected chi connectivity index (χ1v) is 8.06.